The monoisotopic (exact) mass is 263 g/mol. The van der Waals surface area contributed by atoms with E-state index in [1.165, 1.54) is 0 Å². The van der Waals surface area contributed by atoms with E-state index in [4.69, 9.17) is 4.74 Å². The third kappa shape index (κ3) is 1.70. The summed E-state index contributed by atoms with van der Waals surface area (Å²) in [6.45, 7) is 7.06. The minimum atomic E-state index is -0.248. The molecule has 0 aromatic rings. The average Bonchev–Trinajstić information content (AvgIpc) is 2.15. The number of β-lactam (4-membered cyclic amide) rings is 1. The van der Waals surface area contributed by atoms with Gasteiger partial charge in [0, 0.05) is 19.0 Å². The Labute approximate surface area is 93.9 Å². The standard InChI is InChI=1S/C10H18BrNO2/c1-5-12-8(10(2,3)6-11)7(14-4)9(12)13/h7-8H,5-6H2,1-4H3/t7-,8-/m0/s1. The second-order valence-electron chi connectivity index (χ2n) is 4.35. The van der Waals surface area contributed by atoms with Gasteiger partial charge in [0.1, 0.15) is 0 Å². The Kier molecular flexibility index (Phi) is 3.58. The van der Waals surface area contributed by atoms with Gasteiger partial charge in [-0.1, -0.05) is 29.8 Å². The zero-order valence-corrected chi connectivity index (χ0v) is 10.8. The largest absolute Gasteiger partial charge is 0.369 e. The molecule has 0 unspecified atom stereocenters. The zero-order valence-electron chi connectivity index (χ0n) is 9.21. The maximum absolute atomic E-state index is 11.6. The van der Waals surface area contributed by atoms with Crippen molar-refractivity contribution in [3.63, 3.8) is 0 Å². The van der Waals surface area contributed by atoms with Crippen molar-refractivity contribution in [2.75, 3.05) is 19.0 Å². The molecule has 0 bridgehead atoms. The molecule has 0 spiro atoms. The zero-order chi connectivity index (χ0) is 10.9. The van der Waals surface area contributed by atoms with Crippen molar-refractivity contribution in [1.29, 1.82) is 0 Å². The van der Waals surface area contributed by atoms with Crippen LogP contribution in [0.15, 0.2) is 0 Å². The SMILES string of the molecule is CCN1C(=O)[C@@H](OC)[C@H]1C(C)(C)CBr. The molecule has 82 valence electrons. The van der Waals surface area contributed by atoms with Gasteiger partial charge in [-0.3, -0.25) is 4.79 Å². The number of ether oxygens (including phenoxy) is 1. The minimum absolute atomic E-state index is 0.0601. The molecule has 0 radical (unpaired) electrons. The number of amides is 1. The van der Waals surface area contributed by atoms with E-state index in [0.29, 0.717) is 0 Å². The Balaban J connectivity index is 2.80. The summed E-state index contributed by atoms with van der Waals surface area (Å²) in [5.41, 5.74) is 0.0601. The van der Waals surface area contributed by atoms with Crippen LogP contribution in [0.5, 0.6) is 0 Å². The van der Waals surface area contributed by atoms with E-state index >= 15 is 0 Å². The van der Waals surface area contributed by atoms with Crippen molar-refractivity contribution >= 4 is 21.8 Å². The molecule has 1 aliphatic rings. The molecule has 0 N–H and O–H groups in total. The van der Waals surface area contributed by atoms with Crippen LogP contribution < -0.4 is 0 Å². The predicted molar refractivity (Wildman–Crippen MR) is 59.5 cm³/mol. The number of alkyl halides is 1. The van der Waals surface area contributed by atoms with Crippen LogP contribution in [0.4, 0.5) is 0 Å². The fourth-order valence-corrected chi connectivity index (χ4v) is 2.34. The van der Waals surface area contributed by atoms with E-state index in [1.807, 2.05) is 11.8 Å². The number of hydrogen-bond donors (Lipinski definition) is 0. The molecule has 1 heterocycles. The fourth-order valence-electron chi connectivity index (χ4n) is 2.01. The molecule has 1 rings (SSSR count). The summed E-state index contributed by atoms with van der Waals surface area (Å²) >= 11 is 3.49. The fraction of sp³-hybridized carbons (Fsp3) is 0.900. The van der Waals surface area contributed by atoms with Gasteiger partial charge in [-0.05, 0) is 12.3 Å². The van der Waals surface area contributed by atoms with Gasteiger partial charge in [0.15, 0.2) is 6.10 Å². The van der Waals surface area contributed by atoms with E-state index < -0.39 is 0 Å². The first-order chi connectivity index (χ1) is 6.49. The number of likely N-dealkylation sites (N-methyl/N-ethyl adjacent to an activating group) is 1. The van der Waals surface area contributed by atoms with E-state index in [0.717, 1.165) is 11.9 Å². The van der Waals surface area contributed by atoms with E-state index in [1.54, 1.807) is 7.11 Å². The highest BCUT2D eigenvalue weighted by Gasteiger charge is 2.53. The van der Waals surface area contributed by atoms with E-state index in [-0.39, 0.29) is 23.5 Å². The van der Waals surface area contributed by atoms with Crippen molar-refractivity contribution in [3.8, 4) is 0 Å². The predicted octanol–water partition coefficient (Wildman–Crippen LogP) is 1.65. The van der Waals surface area contributed by atoms with Crippen LogP contribution in [0.2, 0.25) is 0 Å². The summed E-state index contributed by atoms with van der Waals surface area (Å²) in [6, 6.07) is 0.198. The van der Waals surface area contributed by atoms with Gasteiger partial charge in [-0.2, -0.15) is 0 Å². The molecule has 2 atom stereocenters. The summed E-state index contributed by atoms with van der Waals surface area (Å²) in [7, 11) is 1.60. The number of hydrogen-bond acceptors (Lipinski definition) is 2. The maximum atomic E-state index is 11.6. The molecule has 14 heavy (non-hydrogen) atoms. The van der Waals surface area contributed by atoms with Crippen molar-refractivity contribution in [3.05, 3.63) is 0 Å². The average molecular weight is 264 g/mol. The van der Waals surface area contributed by atoms with Gasteiger partial charge in [-0.15, -0.1) is 0 Å². The van der Waals surface area contributed by atoms with E-state index in [2.05, 4.69) is 29.8 Å². The lowest BCUT2D eigenvalue weighted by Crippen LogP contribution is -2.70. The summed E-state index contributed by atoms with van der Waals surface area (Å²) in [6.07, 6.45) is -0.248. The summed E-state index contributed by atoms with van der Waals surface area (Å²) in [4.78, 5) is 13.5. The molecule has 0 aromatic carbocycles. The van der Waals surface area contributed by atoms with Crippen molar-refractivity contribution in [2.24, 2.45) is 5.41 Å². The molecular weight excluding hydrogens is 246 g/mol. The number of rotatable bonds is 4. The molecule has 1 aliphatic heterocycles. The molecule has 3 nitrogen and oxygen atoms in total. The molecule has 0 saturated carbocycles. The number of likely N-dealkylation sites (tertiary alicyclic amines) is 1. The summed E-state index contributed by atoms with van der Waals surface area (Å²) in [5.74, 6) is 0.119. The summed E-state index contributed by atoms with van der Waals surface area (Å²) in [5, 5.41) is 0.869. The third-order valence-corrected chi connectivity index (χ3v) is 4.33. The lowest BCUT2D eigenvalue weighted by Gasteiger charge is -2.52. The smallest absolute Gasteiger partial charge is 0.254 e. The van der Waals surface area contributed by atoms with Gasteiger partial charge in [-0.25, -0.2) is 0 Å². The topological polar surface area (TPSA) is 29.5 Å². The lowest BCUT2D eigenvalue weighted by atomic mass is 9.76. The molecule has 4 heteroatoms. The first kappa shape index (κ1) is 12.0. The highest BCUT2D eigenvalue weighted by atomic mass is 79.9. The number of halogens is 1. The highest BCUT2D eigenvalue weighted by molar-refractivity contribution is 9.09. The van der Waals surface area contributed by atoms with Crippen LogP contribution in [-0.4, -0.2) is 41.9 Å². The number of nitrogens with zero attached hydrogens (tertiary/aromatic N) is 1. The third-order valence-electron chi connectivity index (χ3n) is 2.89. The van der Waals surface area contributed by atoms with Crippen LogP contribution >= 0.6 is 15.9 Å². The normalized spacial score (nSPS) is 27.8. The Morgan fingerprint density at radius 2 is 2.14 bits per heavy atom. The first-order valence-electron chi connectivity index (χ1n) is 4.88. The van der Waals surface area contributed by atoms with Gasteiger partial charge >= 0.3 is 0 Å². The quantitative estimate of drug-likeness (QED) is 0.571. The van der Waals surface area contributed by atoms with Crippen LogP contribution in [0.25, 0.3) is 0 Å². The van der Waals surface area contributed by atoms with Crippen LogP contribution in [0.1, 0.15) is 20.8 Å². The van der Waals surface area contributed by atoms with Crippen molar-refractivity contribution in [2.45, 2.75) is 32.9 Å². The Morgan fingerprint density at radius 3 is 2.50 bits per heavy atom. The number of methoxy groups -OCH3 is 1. The van der Waals surface area contributed by atoms with Crippen molar-refractivity contribution in [1.82, 2.24) is 4.90 Å². The van der Waals surface area contributed by atoms with Crippen LogP contribution in [0.3, 0.4) is 0 Å². The van der Waals surface area contributed by atoms with Gasteiger partial charge in [0.25, 0.3) is 5.91 Å². The van der Waals surface area contributed by atoms with E-state index in [9.17, 15) is 4.79 Å². The molecule has 1 saturated heterocycles. The Hall–Kier alpha value is -0.0900. The first-order valence-corrected chi connectivity index (χ1v) is 6.01. The highest BCUT2D eigenvalue weighted by Crippen LogP contribution is 2.37. The van der Waals surface area contributed by atoms with Gasteiger partial charge in [0.05, 0.1) is 6.04 Å². The molecular formula is C10H18BrNO2. The Bertz CT molecular complexity index is 216. The van der Waals surface area contributed by atoms with Gasteiger partial charge in [0.2, 0.25) is 0 Å². The number of carbonyl (C=O) groups is 1. The van der Waals surface area contributed by atoms with Crippen LogP contribution in [0, 0.1) is 5.41 Å². The maximum Gasteiger partial charge on any atom is 0.254 e. The minimum Gasteiger partial charge on any atom is -0.369 e. The molecule has 1 fully saturated rings. The molecule has 1 amide bonds. The van der Waals surface area contributed by atoms with Crippen molar-refractivity contribution < 1.29 is 9.53 Å². The Morgan fingerprint density at radius 1 is 1.57 bits per heavy atom. The summed E-state index contributed by atoms with van der Waals surface area (Å²) < 4.78 is 5.22. The molecule has 0 aromatic heterocycles. The van der Waals surface area contributed by atoms with Gasteiger partial charge < -0.3 is 9.64 Å². The lowest BCUT2D eigenvalue weighted by molar-refractivity contribution is -0.179. The second-order valence-corrected chi connectivity index (χ2v) is 4.91. The second kappa shape index (κ2) is 4.19. The number of carbonyl (C=O) groups excluding carboxylic acids is 1. The van der Waals surface area contributed by atoms with Crippen LogP contribution in [-0.2, 0) is 9.53 Å². The molecule has 0 aliphatic carbocycles.